The lowest BCUT2D eigenvalue weighted by Gasteiger charge is -2.27. The summed E-state index contributed by atoms with van der Waals surface area (Å²) < 4.78 is 0. The maximum absolute atomic E-state index is 12.3. The minimum Gasteiger partial charge on any atom is -0.480 e. The Labute approximate surface area is 123 Å². The van der Waals surface area contributed by atoms with Gasteiger partial charge in [-0.3, -0.25) is 9.59 Å². The van der Waals surface area contributed by atoms with Gasteiger partial charge in [-0.1, -0.05) is 18.9 Å². The molecule has 0 saturated heterocycles. The number of nitrogens with zero attached hydrogens (tertiary/aromatic N) is 1. The molecule has 0 spiro atoms. The van der Waals surface area contributed by atoms with Gasteiger partial charge in [-0.25, -0.2) is 0 Å². The topological polar surface area (TPSA) is 57.6 Å². The number of carboxylic acid groups (broad SMARTS) is 1. The molecule has 20 heavy (non-hydrogen) atoms. The fraction of sp³-hybridized carbons (Fsp3) is 0.600. The van der Waals surface area contributed by atoms with Crippen molar-refractivity contribution in [3.63, 3.8) is 0 Å². The van der Waals surface area contributed by atoms with Gasteiger partial charge in [0, 0.05) is 17.3 Å². The van der Waals surface area contributed by atoms with Crippen molar-refractivity contribution < 1.29 is 14.7 Å². The zero-order valence-corrected chi connectivity index (χ0v) is 12.4. The molecule has 0 aliphatic heterocycles. The predicted molar refractivity (Wildman–Crippen MR) is 78.9 cm³/mol. The molecule has 1 aliphatic carbocycles. The first-order chi connectivity index (χ1) is 9.66. The van der Waals surface area contributed by atoms with E-state index in [2.05, 4.69) is 6.07 Å². The first-order valence-corrected chi connectivity index (χ1v) is 8.08. The third-order valence-corrected chi connectivity index (χ3v) is 4.72. The molecule has 4 nitrogen and oxygen atoms in total. The molecular weight excluding hydrogens is 274 g/mol. The standard InChI is InChI=1S/C15H21NO3S/c17-14(9-3-7-13-8-4-10-20-13)16(11-15(18)19)12-5-1-2-6-12/h4,8,10,12H,1-3,5-7,9,11H2,(H,18,19). The molecule has 2 rings (SSSR count). The number of carboxylic acids is 1. The Balaban J connectivity index is 1.83. The Kier molecular flexibility index (Phi) is 5.59. The first kappa shape index (κ1) is 15.0. The molecule has 1 aliphatic rings. The van der Waals surface area contributed by atoms with Gasteiger partial charge in [0.25, 0.3) is 0 Å². The lowest BCUT2D eigenvalue weighted by Crippen LogP contribution is -2.42. The number of hydrogen-bond donors (Lipinski definition) is 1. The molecule has 1 aromatic rings. The second-order valence-corrected chi connectivity index (χ2v) is 6.32. The van der Waals surface area contributed by atoms with E-state index >= 15 is 0 Å². The quantitative estimate of drug-likeness (QED) is 0.841. The van der Waals surface area contributed by atoms with Crippen LogP contribution in [0.4, 0.5) is 0 Å². The molecule has 110 valence electrons. The predicted octanol–water partition coefficient (Wildman–Crippen LogP) is 2.93. The number of aryl methyl sites for hydroxylation is 1. The third-order valence-electron chi connectivity index (χ3n) is 3.79. The number of thiophene rings is 1. The number of aliphatic carboxylic acids is 1. The Morgan fingerprint density at radius 2 is 2.10 bits per heavy atom. The number of rotatable bonds is 7. The molecule has 0 atom stereocenters. The highest BCUT2D eigenvalue weighted by atomic mass is 32.1. The van der Waals surface area contributed by atoms with E-state index in [-0.39, 0.29) is 18.5 Å². The summed E-state index contributed by atoms with van der Waals surface area (Å²) in [5, 5.41) is 11.0. The third kappa shape index (κ3) is 4.34. The summed E-state index contributed by atoms with van der Waals surface area (Å²) in [7, 11) is 0. The zero-order chi connectivity index (χ0) is 14.4. The fourth-order valence-corrected chi connectivity index (χ4v) is 3.55. The minimum atomic E-state index is -0.913. The summed E-state index contributed by atoms with van der Waals surface area (Å²) in [6.45, 7) is -0.150. The van der Waals surface area contributed by atoms with E-state index in [1.165, 1.54) is 4.88 Å². The molecule has 1 fully saturated rings. The molecular formula is C15H21NO3S. The smallest absolute Gasteiger partial charge is 0.323 e. The Bertz CT molecular complexity index is 438. The van der Waals surface area contributed by atoms with Crippen LogP contribution in [0.2, 0.25) is 0 Å². The monoisotopic (exact) mass is 295 g/mol. The molecule has 0 aromatic carbocycles. The largest absolute Gasteiger partial charge is 0.480 e. The lowest BCUT2D eigenvalue weighted by molar-refractivity contribution is -0.146. The van der Waals surface area contributed by atoms with Gasteiger partial charge < -0.3 is 10.0 Å². The van der Waals surface area contributed by atoms with Gasteiger partial charge in [-0.05, 0) is 37.1 Å². The van der Waals surface area contributed by atoms with Gasteiger partial charge in [0.05, 0.1) is 0 Å². The summed E-state index contributed by atoms with van der Waals surface area (Å²) in [6, 6.07) is 4.22. The van der Waals surface area contributed by atoms with Crippen molar-refractivity contribution in [2.75, 3.05) is 6.54 Å². The molecule has 1 heterocycles. The minimum absolute atomic E-state index is 0.00384. The second-order valence-electron chi connectivity index (χ2n) is 5.29. The van der Waals surface area contributed by atoms with Crippen molar-refractivity contribution in [2.24, 2.45) is 0 Å². The molecule has 1 N–H and O–H groups in total. The average molecular weight is 295 g/mol. The van der Waals surface area contributed by atoms with Crippen LogP contribution >= 0.6 is 11.3 Å². The van der Waals surface area contributed by atoms with Crippen molar-refractivity contribution >= 4 is 23.2 Å². The molecule has 5 heteroatoms. The Morgan fingerprint density at radius 3 is 2.70 bits per heavy atom. The summed E-state index contributed by atoms with van der Waals surface area (Å²) in [5.41, 5.74) is 0. The Morgan fingerprint density at radius 1 is 1.35 bits per heavy atom. The number of carbonyl (C=O) groups is 2. The van der Waals surface area contributed by atoms with Crippen LogP contribution in [-0.2, 0) is 16.0 Å². The highest BCUT2D eigenvalue weighted by Crippen LogP contribution is 2.24. The summed E-state index contributed by atoms with van der Waals surface area (Å²) in [6.07, 6.45) is 6.24. The lowest BCUT2D eigenvalue weighted by atomic mass is 10.1. The maximum Gasteiger partial charge on any atom is 0.323 e. The fourth-order valence-electron chi connectivity index (χ4n) is 2.79. The second kappa shape index (κ2) is 7.43. The van der Waals surface area contributed by atoms with Crippen LogP contribution in [0.25, 0.3) is 0 Å². The number of amides is 1. The van der Waals surface area contributed by atoms with Gasteiger partial charge in [0.1, 0.15) is 6.54 Å². The van der Waals surface area contributed by atoms with Gasteiger partial charge in [0.15, 0.2) is 0 Å². The normalized spacial score (nSPS) is 15.4. The van der Waals surface area contributed by atoms with Crippen LogP contribution in [0, 0.1) is 0 Å². The molecule has 1 amide bonds. The highest BCUT2D eigenvalue weighted by Gasteiger charge is 2.27. The van der Waals surface area contributed by atoms with E-state index < -0.39 is 5.97 Å². The van der Waals surface area contributed by atoms with E-state index in [1.54, 1.807) is 16.2 Å². The van der Waals surface area contributed by atoms with Crippen molar-refractivity contribution in [2.45, 2.75) is 51.0 Å². The molecule has 1 aromatic heterocycles. The van der Waals surface area contributed by atoms with Crippen molar-refractivity contribution in [3.05, 3.63) is 22.4 Å². The van der Waals surface area contributed by atoms with Gasteiger partial charge in [-0.15, -0.1) is 11.3 Å². The SMILES string of the molecule is O=C(O)CN(C(=O)CCCc1cccs1)C1CCCC1. The van der Waals surface area contributed by atoms with Gasteiger partial charge in [-0.2, -0.15) is 0 Å². The van der Waals surface area contributed by atoms with Crippen LogP contribution in [0.1, 0.15) is 43.4 Å². The summed E-state index contributed by atoms with van der Waals surface area (Å²) in [5.74, 6) is -0.917. The summed E-state index contributed by atoms with van der Waals surface area (Å²) in [4.78, 5) is 26.1. The van der Waals surface area contributed by atoms with E-state index in [1.807, 2.05) is 11.4 Å². The van der Waals surface area contributed by atoms with E-state index in [0.29, 0.717) is 6.42 Å². The van der Waals surface area contributed by atoms with Crippen LogP contribution in [0.3, 0.4) is 0 Å². The van der Waals surface area contributed by atoms with Crippen molar-refractivity contribution in [1.29, 1.82) is 0 Å². The Hall–Kier alpha value is -1.36. The maximum atomic E-state index is 12.3. The van der Waals surface area contributed by atoms with E-state index in [9.17, 15) is 9.59 Å². The number of carbonyl (C=O) groups excluding carboxylic acids is 1. The van der Waals surface area contributed by atoms with Crippen LogP contribution in [0.5, 0.6) is 0 Å². The number of hydrogen-bond acceptors (Lipinski definition) is 3. The van der Waals surface area contributed by atoms with E-state index in [4.69, 9.17) is 5.11 Å². The van der Waals surface area contributed by atoms with Crippen molar-refractivity contribution in [1.82, 2.24) is 4.90 Å². The first-order valence-electron chi connectivity index (χ1n) is 7.20. The van der Waals surface area contributed by atoms with Crippen LogP contribution < -0.4 is 0 Å². The van der Waals surface area contributed by atoms with Gasteiger partial charge >= 0.3 is 5.97 Å². The molecule has 0 radical (unpaired) electrons. The average Bonchev–Trinajstić information content (AvgIpc) is 3.08. The summed E-state index contributed by atoms with van der Waals surface area (Å²) >= 11 is 1.70. The van der Waals surface area contributed by atoms with Gasteiger partial charge in [0.2, 0.25) is 5.91 Å². The van der Waals surface area contributed by atoms with Crippen LogP contribution in [-0.4, -0.2) is 34.5 Å². The molecule has 0 bridgehead atoms. The molecule has 1 saturated carbocycles. The highest BCUT2D eigenvalue weighted by molar-refractivity contribution is 7.09. The molecule has 0 unspecified atom stereocenters. The van der Waals surface area contributed by atoms with Crippen molar-refractivity contribution in [3.8, 4) is 0 Å². The van der Waals surface area contributed by atoms with E-state index in [0.717, 1.165) is 38.5 Å². The zero-order valence-electron chi connectivity index (χ0n) is 11.6. The van der Waals surface area contributed by atoms with Crippen LogP contribution in [0.15, 0.2) is 17.5 Å².